The summed E-state index contributed by atoms with van der Waals surface area (Å²) in [6.45, 7) is 0.0396. The van der Waals surface area contributed by atoms with Crippen LogP contribution in [0.5, 0.6) is 5.75 Å². The van der Waals surface area contributed by atoms with Crippen molar-refractivity contribution in [3.8, 4) is 5.75 Å². The van der Waals surface area contributed by atoms with Gasteiger partial charge >= 0.3 is 6.09 Å². The van der Waals surface area contributed by atoms with Crippen LogP contribution in [-0.2, 0) is 6.54 Å². The Morgan fingerprint density at radius 3 is 2.42 bits per heavy atom. The Bertz CT molecular complexity index is 586. The summed E-state index contributed by atoms with van der Waals surface area (Å²) >= 11 is 0. The molecule has 0 atom stereocenters. The number of anilines is 1. The maximum absolute atomic E-state index is 13.7. The van der Waals surface area contributed by atoms with Crippen molar-refractivity contribution in [1.29, 1.82) is 0 Å². The van der Waals surface area contributed by atoms with Crippen LogP contribution < -0.4 is 4.90 Å². The lowest BCUT2D eigenvalue weighted by molar-refractivity contribution is 0.201. The Morgan fingerprint density at radius 1 is 1.16 bits per heavy atom. The number of amides is 1. The lowest BCUT2D eigenvalue weighted by Crippen LogP contribution is -2.29. The Morgan fingerprint density at radius 2 is 1.84 bits per heavy atom. The highest BCUT2D eigenvalue weighted by Crippen LogP contribution is 2.25. The molecule has 2 aromatic carbocycles. The summed E-state index contributed by atoms with van der Waals surface area (Å²) in [6, 6.07) is 12.3. The second-order valence-corrected chi connectivity index (χ2v) is 3.99. The number of hydrogen-bond donors (Lipinski definition) is 2. The summed E-state index contributed by atoms with van der Waals surface area (Å²) in [5.41, 5.74) is 0.659. The van der Waals surface area contributed by atoms with Crippen LogP contribution in [0.3, 0.4) is 0 Å². The molecular weight excluding hydrogens is 249 g/mol. The summed E-state index contributed by atoms with van der Waals surface area (Å²) in [4.78, 5) is 12.1. The van der Waals surface area contributed by atoms with Crippen molar-refractivity contribution in [2.75, 3.05) is 4.90 Å². The third kappa shape index (κ3) is 3.01. The predicted molar refractivity (Wildman–Crippen MR) is 68.7 cm³/mol. The molecule has 0 unspecified atom stereocenters. The van der Waals surface area contributed by atoms with Gasteiger partial charge in [0.15, 0.2) is 5.82 Å². The fourth-order valence-electron chi connectivity index (χ4n) is 1.74. The molecule has 0 aliphatic rings. The van der Waals surface area contributed by atoms with Crippen molar-refractivity contribution in [2.45, 2.75) is 6.54 Å². The van der Waals surface area contributed by atoms with Crippen LogP contribution in [0.4, 0.5) is 14.9 Å². The van der Waals surface area contributed by atoms with Crippen LogP contribution >= 0.6 is 0 Å². The van der Waals surface area contributed by atoms with E-state index in [1.807, 2.05) is 6.07 Å². The standard InChI is InChI=1S/C14H12FNO3/c15-12-8-11(17)6-7-13(12)16(14(18)19)9-10-4-2-1-3-5-10/h1-8,17H,9H2,(H,18,19). The number of hydrogen-bond acceptors (Lipinski definition) is 2. The SMILES string of the molecule is O=C(O)N(Cc1ccccc1)c1ccc(O)cc1F. The van der Waals surface area contributed by atoms with Crippen LogP contribution in [0.15, 0.2) is 48.5 Å². The van der Waals surface area contributed by atoms with Gasteiger partial charge in [-0.3, -0.25) is 4.90 Å². The molecule has 0 saturated carbocycles. The van der Waals surface area contributed by atoms with Crippen LogP contribution in [0.1, 0.15) is 5.56 Å². The van der Waals surface area contributed by atoms with E-state index in [-0.39, 0.29) is 18.0 Å². The van der Waals surface area contributed by atoms with E-state index in [4.69, 9.17) is 5.11 Å². The van der Waals surface area contributed by atoms with E-state index in [1.165, 1.54) is 12.1 Å². The van der Waals surface area contributed by atoms with Gasteiger partial charge in [0, 0.05) is 6.07 Å². The molecule has 0 aromatic heterocycles. The van der Waals surface area contributed by atoms with Crippen molar-refractivity contribution >= 4 is 11.8 Å². The van der Waals surface area contributed by atoms with Gasteiger partial charge in [-0.2, -0.15) is 0 Å². The second-order valence-electron chi connectivity index (χ2n) is 3.99. The molecular formula is C14H12FNO3. The minimum absolute atomic E-state index is 0.0396. The van der Waals surface area contributed by atoms with Gasteiger partial charge in [0.2, 0.25) is 0 Å². The minimum Gasteiger partial charge on any atom is -0.508 e. The number of carboxylic acid groups (broad SMARTS) is 1. The van der Waals surface area contributed by atoms with E-state index in [9.17, 15) is 14.3 Å². The average Bonchev–Trinajstić information content (AvgIpc) is 2.38. The zero-order valence-electron chi connectivity index (χ0n) is 9.95. The number of benzene rings is 2. The molecule has 2 N–H and O–H groups in total. The number of nitrogens with zero attached hydrogens (tertiary/aromatic N) is 1. The molecule has 19 heavy (non-hydrogen) atoms. The molecule has 4 nitrogen and oxygen atoms in total. The zero-order valence-corrected chi connectivity index (χ0v) is 9.95. The summed E-state index contributed by atoms with van der Waals surface area (Å²) in [5.74, 6) is -1.02. The molecule has 2 aromatic rings. The molecule has 0 spiro atoms. The van der Waals surface area contributed by atoms with Crippen LogP contribution in [0, 0.1) is 5.82 Å². The largest absolute Gasteiger partial charge is 0.508 e. The molecule has 0 saturated heterocycles. The van der Waals surface area contributed by atoms with E-state index in [2.05, 4.69) is 0 Å². The fourth-order valence-corrected chi connectivity index (χ4v) is 1.74. The highest BCUT2D eigenvalue weighted by atomic mass is 19.1. The molecule has 0 heterocycles. The molecule has 0 aliphatic heterocycles. The van der Waals surface area contributed by atoms with Gasteiger partial charge in [-0.05, 0) is 17.7 Å². The van der Waals surface area contributed by atoms with E-state index in [0.29, 0.717) is 0 Å². The van der Waals surface area contributed by atoms with Crippen molar-refractivity contribution in [1.82, 2.24) is 0 Å². The Hall–Kier alpha value is -2.56. The topological polar surface area (TPSA) is 60.8 Å². The average molecular weight is 261 g/mol. The summed E-state index contributed by atoms with van der Waals surface area (Å²) in [7, 11) is 0. The molecule has 0 aliphatic carbocycles. The highest BCUT2D eigenvalue weighted by Gasteiger charge is 2.18. The molecule has 0 fully saturated rings. The van der Waals surface area contributed by atoms with Crippen LogP contribution in [0.25, 0.3) is 0 Å². The van der Waals surface area contributed by atoms with E-state index in [0.717, 1.165) is 16.5 Å². The number of carbonyl (C=O) groups is 1. The molecule has 2 rings (SSSR count). The van der Waals surface area contributed by atoms with Gasteiger partial charge in [0.25, 0.3) is 0 Å². The van der Waals surface area contributed by atoms with Crippen LogP contribution in [-0.4, -0.2) is 16.3 Å². The quantitative estimate of drug-likeness (QED) is 0.891. The molecule has 0 radical (unpaired) electrons. The van der Waals surface area contributed by atoms with Gasteiger partial charge in [-0.15, -0.1) is 0 Å². The second kappa shape index (κ2) is 5.39. The van der Waals surface area contributed by atoms with E-state index in [1.54, 1.807) is 24.3 Å². The Labute approximate surface area is 109 Å². The first-order valence-electron chi connectivity index (χ1n) is 5.61. The normalized spacial score (nSPS) is 10.2. The van der Waals surface area contributed by atoms with Gasteiger partial charge < -0.3 is 10.2 Å². The first-order chi connectivity index (χ1) is 9.08. The molecule has 0 bridgehead atoms. The maximum Gasteiger partial charge on any atom is 0.412 e. The number of phenols is 1. The molecule has 5 heteroatoms. The molecule has 98 valence electrons. The summed E-state index contributed by atoms with van der Waals surface area (Å²) < 4.78 is 13.7. The lowest BCUT2D eigenvalue weighted by atomic mass is 10.2. The fraction of sp³-hybridized carbons (Fsp3) is 0.0714. The predicted octanol–water partition coefficient (Wildman–Crippen LogP) is 3.22. The Balaban J connectivity index is 2.33. The van der Waals surface area contributed by atoms with Gasteiger partial charge in [0.05, 0.1) is 12.2 Å². The smallest absolute Gasteiger partial charge is 0.412 e. The molecule has 1 amide bonds. The van der Waals surface area contributed by atoms with Gasteiger partial charge in [-0.1, -0.05) is 30.3 Å². The highest BCUT2D eigenvalue weighted by molar-refractivity contribution is 5.86. The van der Waals surface area contributed by atoms with Crippen molar-refractivity contribution < 1.29 is 19.4 Å². The number of aromatic hydroxyl groups is 1. The van der Waals surface area contributed by atoms with Crippen LogP contribution in [0.2, 0.25) is 0 Å². The number of phenolic OH excluding ortho intramolecular Hbond substituents is 1. The summed E-state index contributed by atoms with van der Waals surface area (Å²) in [6.07, 6.45) is -1.26. The number of rotatable bonds is 3. The monoisotopic (exact) mass is 261 g/mol. The van der Waals surface area contributed by atoms with E-state index >= 15 is 0 Å². The van der Waals surface area contributed by atoms with Gasteiger partial charge in [0.1, 0.15) is 5.75 Å². The minimum atomic E-state index is -1.26. The summed E-state index contributed by atoms with van der Waals surface area (Å²) in [5, 5.41) is 18.3. The van der Waals surface area contributed by atoms with Gasteiger partial charge in [-0.25, -0.2) is 9.18 Å². The third-order valence-electron chi connectivity index (χ3n) is 2.64. The van der Waals surface area contributed by atoms with E-state index < -0.39 is 11.9 Å². The third-order valence-corrected chi connectivity index (χ3v) is 2.64. The van der Waals surface area contributed by atoms with Crippen molar-refractivity contribution in [3.63, 3.8) is 0 Å². The lowest BCUT2D eigenvalue weighted by Gasteiger charge is -2.20. The van der Waals surface area contributed by atoms with Crippen molar-refractivity contribution in [2.24, 2.45) is 0 Å². The first-order valence-corrected chi connectivity index (χ1v) is 5.61. The zero-order chi connectivity index (χ0) is 13.8. The Kier molecular flexibility index (Phi) is 3.66. The van der Waals surface area contributed by atoms with Crippen molar-refractivity contribution in [3.05, 3.63) is 59.9 Å². The maximum atomic E-state index is 13.7. The first kappa shape index (κ1) is 12.9. The number of halogens is 1.